The molecule has 0 spiro atoms. The molecule has 0 aromatic heterocycles. The van der Waals surface area contributed by atoms with Gasteiger partial charge >= 0.3 is 7.82 Å². The first kappa shape index (κ1) is 32.5. The first-order valence-corrected chi connectivity index (χ1v) is 14.5. The van der Waals surface area contributed by atoms with Gasteiger partial charge in [-0.3, -0.25) is 9.32 Å². The number of hydrogen-bond donors (Lipinski definition) is 4. The third-order valence-electron chi connectivity index (χ3n) is 6.06. The van der Waals surface area contributed by atoms with Gasteiger partial charge in [0, 0.05) is 18.9 Å². The molecule has 9 heteroatoms. The van der Waals surface area contributed by atoms with E-state index in [1.54, 1.807) is 0 Å². The predicted molar refractivity (Wildman–Crippen MR) is 134 cm³/mol. The van der Waals surface area contributed by atoms with Gasteiger partial charge in [0.2, 0.25) is 5.91 Å². The maximum atomic E-state index is 12.8. The molecule has 0 saturated carbocycles. The summed E-state index contributed by atoms with van der Waals surface area (Å²) in [7, 11) is -0.690. The number of aliphatic hydroxyl groups is 1. The molecular formula is C24H52N2O6P+. The molecule has 0 fully saturated rings. The molecule has 0 bridgehead atoms. The van der Waals surface area contributed by atoms with Crippen molar-refractivity contribution < 1.29 is 33.3 Å². The van der Waals surface area contributed by atoms with E-state index in [2.05, 4.69) is 23.7 Å². The van der Waals surface area contributed by atoms with Crippen LogP contribution in [0.2, 0.25) is 0 Å². The smallest absolute Gasteiger partial charge is 0.385 e. The number of phosphoric acid groups is 1. The van der Waals surface area contributed by atoms with Crippen LogP contribution in [-0.2, 0) is 13.9 Å². The minimum atomic E-state index is -4.57. The Labute approximate surface area is 202 Å². The van der Waals surface area contributed by atoms with Gasteiger partial charge in [0.05, 0.1) is 27.2 Å². The van der Waals surface area contributed by atoms with E-state index < -0.39 is 20.5 Å². The number of nitrogens with one attached hydrogen (secondary N) is 1. The van der Waals surface area contributed by atoms with E-state index >= 15 is 0 Å². The number of unbranched alkanes of at least 4 members (excludes halogenated alkanes) is 8. The van der Waals surface area contributed by atoms with Gasteiger partial charge in [-0.15, -0.1) is 0 Å². The highest BCUT2D eigenvalue weighted by atomic mass is 31.2. The summed E-state index contributed by atoms with van der Waals surface area (Å²) in [6.07, 6.45) is 13.9. The van der Waals surface area contributed by atoms with Crippen LogP contribution in [0.1, 0.15) is 97.3 Å². The SMILES string of the molecule is CCCCCCCCC(CCCCCC)C(=O)NCCC[N+](C)(C)CC(O)COP(=O)(O)O. The molecule has 0 rings (SSSR count). The Kier molecular flexibility index (Phi) is 18.5. The fourth-order valence-electron chi connectivity index (χ4n) is 4.16. The Morgan fingerprint density at radius 2 is 1.42 bits per heavy atom. The molecule has 1 amide bonds. The van der Waals surface area contributed by atoms with E-state index in [0.29, 0.717) is 17.6 Å². The summed E-state index contributed by atoms with van der Waals surface area (Å²) < 4.78 is 15.6. The van der Waals surface area contributed by atoms with Crippen LogP contribution in [0.5, 0.6) is 0 Å². The van der Waals surface area contributed by atoms with Crippen LogP contribution in [-0.4, -0.2) is 71.7 Å². The summed E-state index contributed by atoms with van der Waals surface area (Å²) in [5.74, 6) is 0.266. The van der Waals surface area contributed by atoms with E-state index in [1.807, 2.05) is 14.1 Å². The average molecular weight is 496 g/mol. The molecule has 8 nitrogen and oxygen atoms in total. The van der Waals surface area contributed by atoms with Crippen molar-refractivity contribution in [3.8, 4) is 0 Å². The second kappa shape index (κ2) is 18.8. The van der Waals surface area contributed by atoms with E-state index in [9.17, 15) is 14.5 Å². The van der Waals surface area contributed by atoms with E-state index in [0.717, 1.165) is 38.6 Å². The quantitative estimate of drug-likeness (QED) is 0.101. The molecule has 2 atom stereocenters. The lowest BCUT2D eigenvalue weighted by atomic mass is 9.93. The lowest BCUT2D eigenvalue weighted by Gasteiger charge is -2.32. The summed E-state index contributed by atoms with van der Waals surface area (Å²) in [5, 5.41) is 13.1. The Hall–Kier alpha value is -0.500. The molecular weight excluding hydrogens is 443 g/mol. The summed E-state index contributed by atoms with van der Waals surface area (Å²) in [6, 6.07) is 0. The summed E-state index contributed by atoms with van der Waals surface area (Å²) in [6.45, 7) is 5.65. The highest BCUT2D eigenvalue weighted by Gasteiger charge is 2.24. The van der Waals surface area contributed by atoms with Crippen molar-refractivity contribution in [3.63, 3.8) is 0 Å². The first-order valence-electron chi connectivity index (χ1n) is 13.0. The Balaban J connectivity index is 4.34. The van der Waals surface area contributed by atoms with Gasteiger partial charge < -0.3 is 24.7 Å². The molecule has 4 N–H and O–H groups in total. The van der Waals surface area contributed by atoms with Gasteiger partial charge in [-0.1, -0.05) is 78.1 Å². The van der Waals surface area contributed by atoms with Crippen molar-refractivity contribution in [2.45, 2.75) is 103 Å². The molecule has 198 valence electrons. The zero-order chi connectivity index (χ0) is 25.2. The van der Waals surface area contributed by atoms with Crippen LogP contribution >= 0.6 is 7.82 Å². The lowest BCUT2D eigenvalue weighted by molar-refractivity contribution is -0.893. The number of quaternary nitrogens is 1. The second-order valence-corrected chi connectivity index (χ2v) is 11.3. The number of rotatable bonds is 22. The van der Waals surface area contributed by atoms with Crippen molar-refractivity contribution >= 4 is 13.7 Å². The first-order chi connectivity index (χ1) is 15.5. The zero-order valence-corrected chi connectivity index (χ0v) is 22.5. The molecule has 0 radical (unpaired) electrons. The molecule has 0 aliphatic rings. The third-order valence-corrected chi connectivity index (χ3v) is 6.55. The number of likely N-dealkylation sites (N-methyl/N-ethyl adjacent to an activating group) is 1. The van der Waals surface area contributed by atoms with Gasteiger partial charge in [-0.2, -0.15) is 0 Å². The minimum Gasteiger partial charge on any atom is -0.385 e. The maximum Gasteiger partial charge on any atom is 0.469 e. The van der Waals surface area contributed by atoms with E-state index in [4.69, 9.17) is 9.79 Å². The molecule has 0 aromatic carbocycles. The highest BCUT2D eigenvalue weighted by Crippen LogP contribution is 2.35. The average Bonchev–Trinajstić information content (AvgIpc) is 2.72. The number of carbonyl (C=O) groups excluding carboxylic acids is 1. The Morgan fingerprint density at radius 1 is 0.909 bits per heavy atom. The molecule has 2 unspecified atom stereocenters. The van der Waals surface area contributed by atoms with Gasteiger partial charge in [-0.05, 0) is 12.8 Å². The normalized spacial score (nSPS) is 14.3. The lowest BCUT2D eigenvalue weighted by Crippen LogP contribution is -2.48. The molecule has 0 aliphatic carbocycles. The van der Waals surface area contributed by atoms with E-state index in [-0.39, 0.29) is 11.8 Å². The molecule has 33 heavy (non-hydrogen) atoms. The van der Waals surface area contributed by atoms with Crippen LogP contribution in [0.15, 0.2) is 0 Å². The summed E-state index contributed by atoms with van der Waals surface area (Å²) in [4.78, 5) is 30.3. The van der Waals surface area contributed by atoms with Crippen molar-refractivity contribution in [3.05, 3.63) is 0 Å². The number of nitrogens with zero attached hydrogens (tertiary/aromatic N) is 1. The van der Waals surface area contributed by atoms with Crippen molar-refractivity contribution in [2.24, 2.45) is 5.92 Å². The van der Waals surface area contributed by atoms with Crippen LogP contribution in [0.25, 0.3) is 0 Å². The van der Waals surface area contributed by atoms with Gasteiger partial charge in [0.25, 0.3) is 0 Å². The fraction of sp³-hybridized carbons (Fsp3) is 0.958. The van der Waals surface area contributed by atoms with Gasteiger partial charge in [0.1, 0.15) is 12.6 Å². The second-order valence-electron chi connectivity index (χ2n) is 10.0. The number of carbonyl (C=O) groups is 1. The van der Waals surface area contributed by atoms with E-state index in [1.165, 1.54) is 51.4 Å². The number of hydrogen-bond acceptors (Lipinski definition) is 4. The zero-order valence-electron chi connectivity index (χ0n) is 21.6. The third kappa shape index (κ3) is 20.6. The largest absolute Gasteiger partial charge is 0.469 e. The Bertz CT molecular complexity index is 541. The fourth-order valence-corrected chi connectivity index (χ4v) is 4.52. The van der Waals surface area contributed by atoms with Gasteiger partial charge in [-0.25, -0.2) is 4.57 Å². The highest BCUT2D eigenvalue weighted by molar-refractivity contribution is 7.46. The number of aliphatic hydroxyl groups excluding tert-OH is 1. The number of phosphoric ester groups is 1. The van der Waals surface area contributed by atoms with Crippen molar-refractivity contribution in [2.75, 3.05) is 40.3 Å². The predicted octanol–water partition coefficient (Wildman–Crippen LogP) is 4.38. The maximum absolute atomic E-state index is 12.8. The summed E-state index contributed by atoms with van der Waals surface area (Å²) >= 11 is 0. The van der Waals surface area contributed by atoms with Crippen LogP contribution in [0.4, 0.5) is 0 Å². The van der Waals surface area contributed by atoms with Crippen LogP contribution < -0.4 is 5.32 Å². The molecule has 0 aliphatic heterocycles. The van der Waals surface area contributed by atoms with Crippen LogP contribution in [0.3, 0.4) is 0 Å². The molecule has 0 aromatic rings. The minimum absolute atomic E-state index is 0.0992. The molecule has 0 heterocycles. The van der Waals surface area contributed by atoms with Crippen molar-refractivity contribution in [1.29, 1.82) is 0 Å². The monoisotopic (exact) mass is 495 g/mol. The van der Waals surface area contributed by atoms with Crippen molar-refractivity contribution in [1.82, 2.24) is 5.32 Å². The number of amides is 1. The summed E-state index contributed by atoms with van der Waals surface area (Å²) in [5.41, 5.74) is 0. The van der Waals surface area contributed by atoms with Gasteiger partial charge in [0.15, 0.2) is 0 Å². The standard InChI is InChI=1S/C24H51N2O6P/c1-5-7-9-11-12-14-17-22(16-13-10-8-6-2)24(28)25-18-15-19-26(3,4)20-23(27)21-32-33(29,30)31/h22-23,27H,5-21H2,1-4H3,(H2-,25,28,29,30,31)/p+1. The topological polar surface area (TPSA) is 116 Å². The Morgan fingerprint density at radius 3 is 1.97 bits per heavy atom. The van der Waals surface area contributed by atoms with Crippen LogP contribution in [0, 0.1) is 5.92 Å². The molecule has 0 saturated heterocycles.